The Hall–Kier alpha value is -2.94. The number of anilines is 2. The zero-order chi connectivity index (χ0) is 22.7. The summed E-state index contributed by atoms with van der Waals surface area (Å²) in [6.45, 7) is 1.56. The Bertz CT molecular complexity index is 1180. The van der Waals surface area contributed by atoms with Crippen LogP contribution in [0.4, 0.5) is 15.1 Å². The molecule has 0 radical (unpaired) electrons. The van der Waals surface area contributed by atoms with Gasteiger partial charge in [-0.15, -0.1) is 11.3 Å². The number of halogens is 3. The van der Waals surface area contributed by atoms with E-state index in [2.05, 4.69) is 10.6 Å². The minimum atomic E-state index is -0.716. The van der Waals surface area contributed by atoms with Gasteiger partial charge in [0.15, 0.2) is 0 Å². The van der Waals surface area contributed by atoms with Gasteiger partial charge in [-0.2, -0.15) is 0 Å². The molecular formula is C21H15Cl2FN2O4S. The number of benzene rings is 2. The molecule has 10 heteroatoms. The molecule has 2 amide bonds. The average molecular weight is 481 g/mol. The van der Waals surface area contributed by atoms with Crippen LogP contribution >= 0.6 is 34.5 Å². The first-order chi connectivity index (χ1) is 14.7. The molecule has 0 atom stereocenters. The zero-order valence-corrected chi connectivity index (χ0v) is 18.5. The van der Waals surface area contributed by atoms with Crippen LogP contribution in [0, 0.1) is 12.7 Å². The summed E-state index contributed by atoms with van der Waals surface area (Å²) >= 11 is 12.8. The van der Waals surface area contributed by atoms with Crippen molar-refractivity contribution in [3.63, 3.8) is 0 Å². The first-order valence-electron chi connectivity index (χ1n) is 8.76. The molecule has 0 saturated heterocycles. The molecule has 0 saturated carbocycles. The Labute approximate surface area is 190 Å². The van der Waals surface area contributed by atoms with Crippen LogP contribution in [0.25, 0.3) is 0 Å². The smallest absolute Gasteiger partial charge is 0.341 e. The van der Waals surface area contributed by atoms with Gasteiger partial charge in [-0.25, -0.2) is 9.18 Å². The molecule has 0 unspecified atom stereocenters. The molecular weight excluding hydrogens is 466 g/mol. The molecule has 1 heterocycles. The van der Waals surface area contributed by atoms with E-state index in [0.29, 0.717) is 16.3 Å². The summed E-state index contributed by atoms with van der Waals surface area (Å²) in [4.78, 5) is 38.0. The lowest BCUT2D eigenvalue weighted by Crippen LogP contribution is -2.15. The Morgan fingerprint density at radius 1 is 1.00 bits per heavy atom. The van der Waals surface area contributed by atoms with E-state index in [9.17, 15) is 18.8 Å². The van der Waals surface area contributed by atoms with Gasteiger partial charge in [-0.3, -0.25) is 9.59 Å². The van der Waals surface area contributed by atoms with Crippen molar-refractivity contribution in [1.29, 1.82) is 0 Å². The number of hydrogen-bond acceptors (Lipinski definition) is 5. The maximum Gasteiger partial charge on any atom is 0.341 e. The highest BCUT2D eigenvalue weighted by molar-refractivity contribution is 7.19. The van der Waals surface area contributed by atoms with E-state index in [1.54, 1.807) is 6.92 Å². The predicted octanol–water partition coefficient (Wildman–Crippen LogP) is 5.79. The number of rotatable bonds is 5. The molecule has 0 spiro atoms. The average Bonchev–Trinajstić information content (AvgIpc) is 3.04. The number of thiophene rings is 1. The zero-order valence-electron chi connectivity index (χ0n) is 16.2. The van der Waals surface area contributed by atoms with Crippen LogP contribution in [0.3, 0.4) is 0 Å². The van der Waals surface area contributed by atoms with Gasteiger partial charge in [0.05, 0.1) is 28.1 Å². The standard InChI is InChI=1S/C21H15Cl2FN2O4S/c1-10-16(21(29)30-2)20(26-18(27)14-8-3-11(22)9-15(14)23)31-17(10)19(28)25-13-6-4-12(24)5-7-13/h3-9H,1-2H3,(H,25,28)(H,26,27). The van der Waals surface area contributed by atoms with Crippen molar-refractivity contribution < 1.29 is 23.5 Å². The number of esters is 1. The minimum Gasteiger partial charge on any atom is -0.465 e. The topological polar surface area (TPSA) is 84.5 Å². The Morgan fingerprint density at radius 2 is 1.68 bits per heavy atom. The third kappa shape index (κ3) is 5.04. The summed E-state index contributed by atoms with van der Waals surface area (Å²) in [6.07, 6.45) is 0. The molecule has 0 aliphatic carbocycles. The first kappa shape index (κ1) is 22.7. The third-order valence-electron chi connectivity index (χ3n) is 4.25. The highest BCUT2D eigenvalue weighted by Gasteiger charge is 2.27. The largest absolute Gasteiger partial charge is 0.465 e. The summed E-state index contributed by atoms with van der Waals surface area (Å²) in [6, 6.07) is 9.59. The van der Waals surface area contributed by atoms with Gasteiger partial charge in [0, 0.05) is 10.7 Å². The van der Waals surface area contributed by atoms with Crippen LogP contribution in [0.2, 0.25) is 10.0 Å². The number of hydrogen-bond donors (Lipinski definition) is 2. The molecule has 2 aromatic carbocycles. The quantitative estimate of drug-likeness (QED) is 0.452. The Kier molecular flexibility index (Phi) is 6.94. The van der Waals surface area contributed by atoms with Crippen molar-refractivity contribution in [1.82, 2.24) is 0 Å². The van der Waals surface area contributed by atoms with Gasteiger partial charge in [0.2, 0.25) is 0 Å². The summed E-state index contributed by atoms with van der Waals surface area (Å²) in [5, 5.41) is 5.87. The minimum absolute atomic E-state index is 0.0511. The maximum atomic E-state index is 13.1. The fraction of sp³-hybridized carbons (Fsp3) is 0.0952. The van der Waals surface area contributed by atoms with E-state index in [1.807, 2.05) is 0 Å². The van der Waals surface area contributed by atoms with Crippen molar-refractivity contribution in [3.8, 4) is 0 Å². The normalized spacial score (nSPS) is 10.5. The predicted molar refractivity (Wildman–Crippen MR) is 119 cm³/mol. The molecule has 0 fully saturated rings. The van der Waals surface area contributed by atoms with E-state index in [1.165, 1.54) is 49.6 Å². The lowest BCUT2D eigenvalue weighted by atomic mass is 10.1. The van der Waals surface area contributed by atoms with Crippen LogP contribution in [0.15, 0.2) is 42.5 Å². The van der Waals surface area contributed by atoms with Gasteiger partial charge >= 0.3 is 5.97 Å². The molecule has 6 nitrogen and oxygen atoms in total. The molecule has 31 heavy (non-hydrogen) atoms. The molecule has 0 bridgehead atoms. The second kappa shape index (κ2) is 9.47. The van der Waals surface area contributed by atoms with Crippen LogP contribution in [-0.2, 0) is 4.74 Å². The SMILES string of the molecule is COC(=O)c1c(NC(=O)c2ccc(Cl)cc2Cl)sc(C(=O)Nc2ccc(F)cc2)c1C. The van der Waals surface area contributed by atoms with Gasteiger partial charge in [0.25, 0.3) is 11.8 Å². The van der Waals surface area contributed by atoms with Crippen molar-refractivity contribution in [2.45, 2.75) is 6.92 Å². The van der Waals surface area contributed by atoms with Gasteiger partial charge < -0.3 is 15.4 Å². The Balaban J connectivity index is 1.94. The maximum absolute atomic E-state index is 13.1. The lowest BCUT2D eigenvalue weighted by molar-refractivity contribution is 0.0601. The van der Waals surface area contributed by atoms with Crippen LogP contribution < -0.4 is 10.6 Å². The molecule has 2 N–H and O–H groups in total. The fourth-order valence-corrected chi connectivity index (χ4v) is 4.31. The van der Waals surface area contributed by atoms with E-state index in [-0.39, 0.29) is 26.0 Å². The molecule has 3 aromatic rings. The summed E-state index contributed by atoms with van der Waals surface area (Å²) < 4.78 is 17.9. The van der Waals surface area contributed by atoms with E-state index in [4.69, 9.17) is 27.9 Å². The molecule has 3 rings (SSSR count). The van der Waals surface area contributed by atoms with Crippen molar-refractivity contribution >= 4 is 63.0 Å². The van der Waals surface area contributed by atoms with E-state index < -0.39 is 23.6 Å². The number of carbonyl (C=O) groups excluding carboxylic acids is 3. The monoisotopic (exact) mass is 480 g/mol. The highest BCUT2D eigenvalue weighted by Crippen LogP contribution is 2.35. The van der Waals surface area contributed by atoms with Crippen LogP contribution in [0.5, 0.6) is 0 Å². The number of amides is 2. The third-order valence-corrected chi connectivity index (χ3v) is 6.00. The first-order valence-corrected chi connectivity index (χ1v) is 10.3. The number of carbonyl (C=O) groups is 3. The van der Waals surface area contributed by atoms with Crippen molar-refractivity contribution in [2.75, 3.05) is 17.7 Å². The number of ether oxygens (including phenoxy) is 1. The van der Waals surface area contributed by atoms with E-state index in [0.717, 1.165) is 11.3 Å². The molecule has 1 aromatic heterocycles. The second-order valence-electron chi connectivity index (χ2n) is 6.29. The highest BCUT2D eigenvalue weighted by atomic mass is 35.5. The van der Waals surface area contributed by atoms with Gasteiger partial charge in [0.1, 0.15) is 10.8 Å². The van der Waals surface area contributed by atoms with Crippen LogP contribution in [-0.4, -0.2) is 24.9 Å². The molecule has 0 aliphatic heterocycles. The summed E-state index contributed by atoms with van der Waals surface area (Å²) in [7, 11) is 1.19. The number of nitrogens with one attached hydrogen (secondary N) is 2. The number of methoxy groups -OCH3 is 1. The van der Waals surface area contributed by atoms with Crippen molar-refractivity contribution in [3.05, 3.63) is 79.9 Å². The van der Waals surface area contributed by atoms with Crippen LogP contribution in [0.1, 0.15) is 36.0 Å². The fourth-order valence-electron chi connectivity index (χ4n) is 2.73. The van der Waals surface area contributed by atoms with E-state index >= 15 is 0 Å². The van der Waals surface area contributed by atoms with Crippen molar-refractivity contribution in [2.24, 2.45) is 0 Å². The molecule has 0 aliphatic rings. The molecule has 160 valence electrons. The van der Waals surface area contributed by atoms with Gasteiger partial charge in [-0.05, 0) is 55.0 Å². The summed E-state index contributed by atoms with van der Waals surface area (Å²) in [5.74, 6) is -2.26. The second-order valence-corrected chi connectivity index (χ2v) is 8.16. The Morgan fingerprint density at radius 3 is 2.29 bits per heavy atom. The lowest BCUT2D eigenvalue weighted by Gasteiger charge is -2.07. The van der Waals surface area contributed by atoms with Gasteiger partial charge in [-0.1, -0.05) is 23.2 Å². The summed E-state index contributed by atoms with van der Waals surface area (Å²) in [5.41, 5.74) is 0.895.